The maximum absolute atomic E-state index is 12.1. The Kier molecular flexibility index (Phi) is 4.08. The van der Waals surface area contributed by atoms with Crippen molar-refractivity contribution in [2.75, 3.05) is 7.11 Å². The van der Waals surface area contributed by atoms with Crippen molar-refractivity contribution in [2.45, 2.75) is 44.0 Å². The van der Waals surface area contributed by atoms with Gasteiger partial charge in [0, 0.05) is 12.6 Å². The van der Waals surface area contributed by atoms with E-state index in [1.54, 1.807) is 0 Å². The molecule has 0 radical (unpaired) electrons. The molecule has 21 heavy (non-hydrogen) atoms. The number of aliphatic hydroxyl groups excluding tert-OH is 1. The highest BCUT2D eigenvalue weighted by molar-refractivity contribution is 5.77. The van der Waals surface area contributed by atoms with E-state index in [4.69, 9.17) is 4.74 Å². The first-order valence-electron chi connectivity index (χ1n) is 7.43. The van der Waals surface area contributed by atoms with Crippen LogP contribution in [-0.4, -0.2) is 41.3 Å². The molecule has 1 aromatic carbocycles. The Bertz CT molecular complexity index is 538. The van der Waals surface area contributed by atoms with Crippen LogP contribution in [0.25, 0.3) is 0 Å². The van der Waals surface area contributed by atoms with Crippen molar-refractivity contribution in [3.05, 3.63) is 47.5 Å². The highest BCUT2D eigenvalue weighted by atomic mass is 16.5. The minimum Gasteiger partial charge on any atom is -0.468 e. The number of methoxy groups -OCH3 is 1. The topological polar surface area (TPSA) is 49.8 Å². The number of aliphatic hydroxyl groups is 1. The predicted molar refractivity (Wildman–Crippen MR) is 79.5 cm³/mol. The second kappa shape index (κ2) is 6.00. The van der Waals surface area contributed by atoms with Gasteiger partial charge in [0.25, 0.3) is 0 Å². The van der Waals surface area contributed by atoms with Crippen LogP contribution in [0, 0.1) is 0 Å². The maximum Gasteiger partial charge on any atom is 0.323 e. The Labute approximate surface area is 125 Å². The molecule has 0 amide bonds. The first-order valence-corrected chi connectivity index (χ1v) is 7.43. The fourth-order valence-corrected chi connectivity index (χ4v) is 3.42. The van der Waals surface area contributed by atoms with Gasteiger partial charge in [0.05, 0.1) is 13.2 Å². The smallest absolute Gasteiger partial charge is 0.323 e. The number of carbonyl (C=O) groups excluding carboxylic acids is 1. The summed E-state index contributed by atoms with van der Waals surface area (Å²) >= 11 is 0. The van der Waals surface area contributed by atoms with Gasteiger partial charge in [-0.05, 0) is 24.8 Å². The number of likely N-dealkylation sites (tertiary alicyclic amines) is 1. The average Bonchev–Trinajstić information content (AvgIpc) is 2.86. The SMILES string of the molecule is COC(=O)[C@@H]1CC2=CC[C@@H](O)C[C@@H]2N1Cc1ccccc1. The molecule has 1 fully saturated rings. The molecule has 1 aliphatic heterocycles. The van der Waals surface area contributed by atoms with Crippen LogP contribution in [0.4, 0.5) is 0 Å². The van der Waals surface area contributed by atoms with Crippen LogP contribution in [0.1, 0.15) is 24.8 Å². The molecule has 4 nitrogen and oxygen atoms in total. The van der Waals surface area contributed by atoms with E-state index in [2.05, 4.69) is 23.1 Å². The number of benzene rings is 1. The van der Waals surface area contributed by atoms with Crippen molar-refractivity contribution in [3.8, 4) is 0 Å². The van der Waals surface area contributed by atoms with Crippen LogP contribution in [0.15, 0.2) is 42.0 Å². The van der Waals surface area contributed by atoms with Gasteiger partial charge in [-0.15, -0.1) is 0 Å². The van der Waals surface area contributed by atoms with Gasteiger partial charge in [0.2, 0.25) is 0 Å². The summed E-state index contributed by atoms with van der Waals surface area (Å²) in [5, 5.41) is 9.93. The van der Waals surface area contributed by atoms with Gasteiger partial charge < -0.3 is 9.84 Å². The second-order valence-corrected chi connectivity index (χ2v) is 5.82. The lowest BCUT2D eigenvalue weighted by atomic mass is 9.92. The standard InChI is InChI=1S/C17H21NO3/c1-21-17(20)16-9-13-7-8-14(19)10-15(13)18(16)11-12-5-3-2-4-6-12/h2-7,14-16,19H,8-11H2,1H3/t14-,15+,16+/m1/s1. The van der Waals surface area contributed by atoms with Gasteiger partial charge in [-0.2, -0.15) is 0 Å². The van der Waals surface area contributed by atoms with Gasteiger partial charge in [-0.1, -0.05) is 42.0 Å². The van der Waals surface area contributed by atoms with Crippen LogP contribution < -0.4 is 0 Å². The molecule has 2 aliphatic rings. The zero-order chi connectivity index (χ0) is 14.8. The highest BCUT2D eigenvalue weighted by Gasteiger charge is 2.43. The summed E-state index contributed by atoms with van der Waals surface area (Å²) in [6.45, 7) is 0.704. The van der Waals surface area contributed by atoms with E-state index in [9.17, 15) is 9.90 Å². The van der Waals surface area contributed by atoms with Gasteiger partial charge in [-0.25, -0.2) is 0 Å². The van der Waals surface area contributed by atoms with Gasteiger partial charge in [-0.3, -0.25) is 9.69 Å². The first kappa shape index (κ1) is 14.3. The molecule has 0 saturated carbocycles. The molecular formula is C17H21NO3. The molecule has 112 valence electrons. The average molecular weight is 287 g/mol. The lowest BCUT2D eigenvalue weighted by molar-refractivity contribution is -0.146. The number of esters is 1. The summed E-state index contributed by atoms with van der Waals surface area (Å²) in [6, 6.07) is 10.0. The molecule has 1 aliphatic carbocycles. The van der Waals surface area contributed by atoms with E-state index in [1.165, 1.54) is 18.2 Å². The number of ether oxygens (including phenoxy) is 1. The van der Waals surface area contributed by atoms with Gasteiger partial charge in [0.1, 0.15) is 6.04 Å². The molecule has 0 aromatic heterocycles. The van der Waals surface area contributed by atoms with E-state index in [-0.39, 0.29) is 24.2 Å². The summed E-state index contributed by atoms with van der Waals surface area (Å²) in [6.07, 6.45) is 3.90. The normalized spacial score (nSPS) is 28.9. The first-order chi connectivity index (χ1) is 10.2. The molecule has 1 saturated heterocycles. The predicted octanol–water partition coefficient (Wildman–Crippen LogP) is 1.88. The Morgan fingerprint density at radius 3 is 2.86 bits per heavy atom. The fourth-order valence-electron chi connectivity index (χ4n) is 3.42. The fraction of sp³-hybridized carbons (Fsp3) is 0.471. The molecule has 0 unspecified atom stereocenters. The molecule has 3 rings (SSSR count). The van der Waals surface area contributed by atoms with E-state index in [0.717, 1.165) is 6.42 Å². The number of fused-ring (bicyclic) bond motifs is 1. The summed E-state index contributed by atoms with van der Waals surface area (Å²) in [4.78, 5) is 14.3. The largest absolute Gasteiger partial charge is 0.468 e. The van der Waals surface area contributed by atoms with Crippen LogP contribution >= 0.6 is 0 Å². The molecule has 0 bridgehead atoms. The van der Waals surface area contributed by atoms with Crippen LogP contribution in [0.3, 0.4) is 0 Å². The van der Waals surface area contributed by atoms with Gasteiger partial charge in [0.15, 0.2) is 0 Å². The minimum absolute atomic E-state index is 0.151. The van der Waals surface area contributed by atoms with E-state index < -0.39 is 0 Å². The van der Waals surface area contributed by atoms with Crippen molar-refractivity contribution in [1.82, 2.24) is 4.90 Å². The van der Waals surface area contributed by atoms with E-state index in [1.807, 2.05) is 18.2 Å². The molecule has 1 heterocycles. The monoisotopic (exact) mass is 287 g/mol. The molecular weight excluding hydrogens is 266 g/mol. The van der Waals surface area contributed by atoms with Crippen molar-refractivity contribution < 1.29 is 14.6 Å². The van der Waals surface area contributed by atoms with Crippen LogP contribution in [0.2, 0.25) is 0 Å². The second-order valence-electron chi connectivity index (χ2n) is 5.82. The van der Waals surface area contributed by atoms with E-state index in [0.29, 0.717) is 19.4 Å². The maximum atomic E-state index is 12.1. The molecule has 4 heteroatoms. The number of hydrogen-bond acceptors (Lipinski definition) is 4. The summed E-state index contributed by atoms with van der Waals surface area (Å²) in [5.74, 6) is -0.185. The van der Waals surface area contributed by atoms with Crippen LogP contribution in [0.5, 0.6) is 0 Å². The number of hydrogen-bond donors (Lipinski definition) is 1. The Morgan fingerprint density at radius 2 is 2.14 bits per heavy atom. The Balaban J connectivity index is 1.86. The van der Waals surface area contributed by atoms with Crippen molar-refractivity contribution >= 4 is 5.97 Å². The summed E-state index contributed by atoms with van der Waals surface area (Å²) < 4.78 is 4.96. The third-order valence-corrected chi connectivity index (χ3v) is 4.49. The lowest BCUT2D eigenvalue weighted by Gasteiger charge is -2.32. The van der Waals surface area contributed by atoms with Crippen molar-refractivity contribution in [2.24, 2.45) is 0 Å². The Hall–Kier alpha value is -1.65. The lowest BCUT2D eigenvalue weighted by Crippen LogP contribution is -2.42. The summed E-state index contributed by atoms with van der Waals surface area (Å²) in [7, 11) is 1.44. The third kappa shape index (κ3) is 2.87. The third-order valence-electron chi connectivity index (χ3n) is 4.49. The minimum atomic E-state index is -0.312. The molecule has 0 spiro atoms. The number of nitrogens with zero attached hydrogens (tertiary/aromatic N) is 1. The highest BCUT2D eigenvalue weighted by Crippen LogP contribution is 2.37. The van der Waals surface area contributed by atoms with E-state index >= 15 is 0 Å². The number of rotatable bonds is 3. The molecule has 3 atom stereocenters. The summed E-state index contributed by atoms with van der Waals surface area (Å²) in [5.41, 5.74) is 2.44. The molecule has 1 N–H and O–H groups in total. The number of carbonyl (C=O) groups is 1. The van der Waals surface area contributed by atoms with Crippen molar-refractivity contribution in [3.63, 3.8) is 0 Å². The zero-order valence-electron chi connectivity index (χ0n) is 12.2. The molecule has 1 aromatic rings. The zero-order valence-corrected chi connectivity index (χ0v) is 12.2. The van der Waals surface area contributed by atoms with Crippen molar-refractivity contribution in [1.29, 1.82) is 0 Å². The van der Waals surface area contributed by atoms with Crippen LogP contribution in [-0.2, 0) is 16.1 Å². The van der Waals surface area contributed by atoms with Gasteiger partial charge >= 0.3 is 5.97 Å². The Morgan fingerprint density at radius 1 is 1.38 bits per heavy atom. The quantitative estimate of drug-likeness (QED) is 0.681.